The van der Waals surface area contributed by atoms with E-state index in [1.165, 1.54) is 0 Å². The Morgan fingerprint density at radius 3 is 1.11 bits per heavy atom. The van der Waals surface area contributed by atoms with Gasteiger partial charge in [-0.25, -0.2) is 9.59 Å². The second-order valence-corrected chi connectivity index (χ2v) is 10.7. The molecule has 45 heavy (non-hydrogen) atoms. The molecule has 10 heteroatoms. The number of ether oxygens (including phenoxy) is 8. The number of carbonyl (C=O) groups is 2. The highest BCUT2D eigenvalue weighted by molar-refractivity contribution is 5.87. The van der Waals surface area contributed by atoms with E-state index < -0.39 is 11.9 Å². The molecule has 2 aromatic rings. The van der Waals surface area contributed by atoms with Gasteiger partial charge in [-0.2, -0.15) is 0 Å². The molecule has 0 bridgehead atoms. The van der Waals surface area contributed by atoms with Crippen molar-refractivity contribution in [2.24, 2.45) is 0 Å². The minimum Gasteiger partial charge on any atom is -0.491 e. The lowest BCUT2D eigenvalue weighted by atomic mass is 9.78. The van der Waals surface area contributed by atoms with Gasteiger partial charge < -0.3 is 37.9 Å². The van der Waals surface area contributed by atoms with E-state index in [0.717, 1.165) is 22.6 Å². The summed E-state index contributed by atoms with van der Waals surface area (Å²) in [5.74, 6) is 0.716. The standard InChI is InChI=1S/C35H48O10/c1-27(2)33(36)44-25-21-40-17-15-38-19-23-42-31-11-7-29(8-12-31)35(5,6)30-9-13-32(14-10-30)43-24-20-39-16-18-41-22-26-45-34(37)28(3)4/h7-14H,1,3,15-26H2,2,4-6H3. The second-order valence-electron chi connectivity index (χ2n) is 10.7. The monoisotopic (exact) mass is 628 g/mol. The molecule has 248 valence electrons. The van der Waals surface area contributed by atoms with E-state index in [0.29, 0.717) is 77.2 Å². The van der Waals surface area contributed by atoms with Gasteiger partial charge in [0.05, 0.1) is 52.9 Å². The third kappa shape index (κ3) is 15.2. The Morgan fingerprint density at radius 1 is 0.511 bits per heavy atom. The summed E-state index contributed by atoms with van der Waals surface area (Å²) in [4.78, 5) is 22.5. The molecule has 0 heterocycles. The summed E-state index contributed by atoms with van der Waals surface area (Å²) in [6.45, 7) is 19.0. The highest BCUT2D eigenvalue weighted by Crippen LogP contribution is 2.33. The van der Waals surface area contributed by atoms with Crippen LogP contribution in [0.2, 0.25) is 0 Å². The normalized spacial score (nSPS) is 11.1. The second kappa shape index (κ2) is 21.1. The molecule has 0 aliphatic carbocycles. The lowest BCUT2D eigenvalue weighted by Crippen LogP contribution is -2.19. The molecular weight excluding hydrogens is 580 g/mol. The number of hydrogen-bond donors (Lipinski definition) is 0. The molecule has 2 rings (SSSR count). The SMILES string of the molecule is C=C(C)C(=O)OCCOCCOCCOc1ccc(C(C)(C)c2ccc(OCCOCCOCCOC(=O)C(=C)C)cc2)cc1. The lowest BCUT2D eigenvalue weighted by Gasteiger charge is -2.26. The van der Waals surface area contributed by atoms with Crippen LogP contribution in [0, 0.1) is 0 Å². The minimum absolute atomic E-state index is 0.191. The maximum atomic E-state index is 11.3. The van der Waals surface area contributed by atoms with Crippen molar-refractivity contribution >= 4 is 11.9 Å². The first kappa shape index (κ1) is 37.5. The average Bonchev–Trinajstić information content (AvgIpc) is 3.02. The molecule has 10 nitrogen and oxygen atoms in total. The first-order chi connectivity index (χ1) is 21.6. The van der Waals surface area contributed by atoms with Crippen LogP contribution in [0.5, 0.6) is 11.5 Å². The maximum absolute atomic E-state index is 11.3. The summed E-state index contributed by atoms with van der Waals surface area (Å²) >= 11 is 0. The third-order valence-corrected chi connectivity index (χ3v) is 6.51. The van der Waals surface area contributed by atoms with E-state index in [-0.39, 0.29) is 18.6 Å². The van der Waals surface area contributed by atoms with Crippen LogP contribution in [0.1, 0.15) is 38.8 Å². The Balaban J connectivity index is 1.58. The van der Waals surface area contributed by atoms with Crippen LogP contribution in [-0.4, -0.2) is 91.2 Å². The predicted octanol–water partition coefficient (Wildman–Crippen LogP) is 5.08. The molecule has 0 aliphatic rings. The third-order valence-electron chi connectivity index (χ3n) is 6.51. The topological polar surface area (TPSA) is 108 Å². The lowest BCUT2D eigenvalue weighted by molar-refractivity contribution is -0.141. The summed E-state index contributed by atoms with van der Waals surface area (Å²) in [6, 6.07) is 16.2. The van der Waals surface area contributed by atoms with Gasteiger partial charge in [-0.15, -0.1) is 0 Å². The highest BCUT2D eigenvalue weighted by Gasteiger charge is 2.23. The quantitative estimate of drug-likeness (QED) is 0.0888. The van der Waals surface area contributed by atoms with Crippen LogP contribution in [-0.2, 0) is 43.4 Å². The maximum Gasteiger partial charge on any atom is 0.333 e. The molecule has 0 fully saturated rings. The molecule has 0 spiro atoms. The molecular formula is C35H48O10. The van der Waals surface area contributed by atoms with E-state index in [2.05, 4.69) is 51.3 Å². The van der Waals surface area contributed by atoms with Crippen molar-refractivity contribution in [1.82, 2.24) is 0 Å². The Kier molecular flexibility index (Phi) is 17.6. The van der Waals surface area contributed by atoms with E-state index >= 15 is 0 Å². The molecule has 0 saturated heterocycles. The minimum atomic E-state index is -0.416. The van der Waals surface area contributed by atoms with Gasteiger partial charge in [-0.1, -0.05) is 51.3 Å². The molecule has 0 saturated carbocycles. The number of esters is 2. The Labute approximate surface area is 267 Å². The summed E-state index contributed by atoms with van der Waals surface area (Å²) in [7, 11) is 0. The van der Waals surface area contributed by atoms with Crippen LogP contribution < -0.4 is 9.47 Å². The van der Waals surface area contributed by atoms with Gasteiger partial charge in [0.1, 0.15) is 37.9 Å². The van der Waals surface area contributed by atoms with Crippen molar-refractivity contribution < 1.29 is 47.5 Å². The van der Waals surface area contributed by atoms with Gasteiger partial charge in [0.25, 0.3) is 0 Å². The van der Waals surface area contributed by atoms with Crippen LogP contribution in [0.3, 0.4) is 0 Å². The highest BCUT2D eigenvalue weighted by atomic mass is 16.6. The molecule has 0 radical (unpaired) electrons. The molecule has 0 unspecified atom stereocenters. The number of benzene rings is 2. The first-order valence-corrected chi connectivity index (χ1v) is 15.0. The summed E-state index contributed by atoms with van der Waals surface area (Å²) in [5.41, 5.74) is 2.85. The van der Waals surface area contributed by atoms with Gasteiger partial charge in [-0.3, -0.25) is 0 Å². The zero-order valence-corrected chi connectivity index (χ0v) is 27.1. The summed E-state index contributed by atoms with van der Waals surface area (Å²) < 4.78 is 43.3. The van der Waals surface area contributed by atoms with Crippen molar-refractivity contribution in [3.05, 3.63) is 84.0 Å². The molecule has 2 aromatic carbocycles. The van der Waals surface area contributed by atoms with Crippen molar-refractivity contribution in [3.63, 3.8) is 0 Å². The van der Waals surface area contributed by atoms with E-state index in [1.807, 2.05) is 24.3 Å². The molecule has 0 atom stereocenters. The zero-order chi connectivity index (χ0) is 32.9. The predicted molar refractivity (Wildman–Crippen MR) is 171 cm³/mol. The van der Waals surface area contributed by atoms with Gasteiger partial charge in [0.2, 0.25) is 0 Å². The Bertz CT molecular complexity index is 1080. The van der Waals surface area contributed by atoms with Crippen LogP contribution in [0.4, 0.5) is 0 Å². The van der Waals surface area contributed by atoms with Gasteiger partial charge in [0, 0.05) is 16.6 Å². The first-order valence-electron chi connectivity index (χ1n) is 15.0. The van der Waals surface area contributed by atoms with E-state index in [9.17, 15) is 9.59 Å². The van der Waals surface area contributed by atoms with Gasteiger partial charge >= 0.3 is 11.9 Å². The van der Waals surface area contributed by atoms with Crippen LogP contribution in [0.15, 0.2) is 72.8 Å². The molecule has 0 aliphatic heterocycles. The van der Waals surface area contributed by atoms with Crippen molar-refractivity contribution in [2.45, 2.75) is 33.1 Å². The zero-order valence-electron chi connectivity index (χ0n) is 27.1. The van der Waals surface area contributed by atoms with Gasteiger partial charge in [-0.05, 0) is 49.2 Å². The van der Waals surface area contributed by atoms with E-state index in [1.54, 1.807) is 13.8 Å². The van der Waals surface area contributed by atoms with E-state index in [4.69, 9.17) is 37.9 Å². The Hall–Kier alpha value is -3.70. The van der Waals surface area contributed by atoms with Crippen LogP contribution in [0.25, 0.3) is 0 Å². The number of carbonyl (C=O) groups excluding carboxylic acids is 2. The summed E-state index contributed by atoms with van der Waals surface area (Å²) in [6.07, 6.45) is 0. The Morgan fingerprint density at radius 2 is 0.800 bits per heavy atom. The number of rotatable bonds is 24. The fraction of sp³-hybridized carbons (Fsp3) is 0.486. The molecule has 0 aromatic heterocycles. The number of hydrogen-bond acceptors (Lipinski definition) is 10. The molecule has 0 N–H and O–H groups in total. The smallest absolute Gasteiger partial charge is 0.333 e. The fourth-order valence-electron chi connectivity index (χ4n) is 3.82. The van der Waals surface area contributed by atoms with Crippen LogP contribution >= 0.6 is 0 Å². The van der Waals surface area contributed by atoms with Crippen molar-refractivity contribution in [3.8, 4) is 11.5 Å². The summed E-state index contributed by atoms with van der Waals surface area (Å²) in [5, 5.41) is 0. The molecule has 0 amide bonds. The fourth-order valence-corrected chi connectivity index (χ4v) is 3.82. The van der Waals surface area contributed by atoms with Crippen molar-refractivity contribution in [2.75, 3.05) is 79.3 Å². The average molecular weight is 629 g/mol. The largest absolute Gasteiger partial charge is 0.491 e. The van der Waals surface area contributed by atoms with Gasteiger partial charge in [0.15, 0.2) is 0 Å². The van der Waals surface area contributed by atoms with Crippen molar-refractivity contribution in [1.29, 1.82) is 0 Å².